The first-order valence-corrected chi connectivity index (χ1v) is 6.77. The van der Waals surface area contributed by atoms with Gasteiger partial charge < -0.3 is 5.11 Å². The third-order valence-corrected chi connectivity index (χ3v) is 4.12. The van der Waals surface area contributed by atoms with Crippen LogP contribution >= 0.6 is 0 Å². The van der Waals surface area contributed by atoms with Crippen molar-refractivity contribution < 1.29 is 9.90 Å². The minimum absolute atomic E-state index is 0.203. The van der Waals surface area contributed by atoms with Gasteiger partial charge in [0.2, 0.25) is 0 Å². The molecule has 0 radical (unpaired) electrons. The first kappa shape index (κ1) is 11.9. The standard InChI is InChI=1S/C13H23NO2/c15-13(16)12-9-5-2-6-10-14(12)11-7-3-1-4-8-11/h11-12H,1-10H2,(H,15,16). The Morgan fingerprint density at radius 1 is 0.938 bits per heavy atom. The molecule has 0 aromatic heterocycles. The predicted molar refractivity (Wildman–Crippen MR) is 63.5 cm³/mol. The van der Waals surface area contributed by atoms with E-state index in [4.69, 9.17) is 0 Å². The van der Waals surface area contributed by atoms with Crippen molar-refractivity contribution in [2.75, 3.05) is 6.54 Å². The largest absolute Gasteiger partial charge is 0.480 e. The Balaban J connectivity index is 2.03. The maximum atomic E-state index is 11.3. The highest BCUT2D eigenvalue weighted by Gasteiger charge is 2.32. The number of nitrogens with zero attached hydrogens (tertiary/aromatic N) is 1. The van der Waals surface area contributed by atoms with Crippen LogP contribution in [-0.2, 0) is 4.79 Å². The third-order valence-electron chi connectivity index (χ3n) is 4.12. The van der Waals surface area contributed by atoms with Crippen LogP contribution in [0.1, 0.15) is 57.8 Å². The smallest absolute Gasteiger partial charge is 0.320 e. The number of carboxylic acid groups (broad SMARTS) is 1. The molecule has 1 saturated heterocycles. The van der Waals surface area contributed by atoms with Crippen molar-refractivity contribution in [2.24, 2.45) is 0 Å². The number of rotatable bonds is 2. The fourth-order valence-corrected chi connectivity index (χ4v) is 3.25. The van der Waals surface area contributed by atoms with E-state index >= 15 is 0 Å². The van der Waals surface area contributed by atoms with Crippen molar-refractivity contribution in [2.45, 2.75) is 69.9 Å². The lowest BCUT2D eigenvalue weighted by atomic mass is 9.93. The van der Waals surface area contributed by atoms with Gasteiger partial charge in [0.15, 0.2) is 0 Å². The second-order valence-corrected chi connectivity index (χ2v) is 5.23. The monoisotopic (exact) mass is 225 g/mol. The summed E-state index contributed by atoms with van der Waals surface area (Å²) in [5.74, 6) is -0.604. The summed E-state index contributed by atoms with van der Waals surface area (Å²) in [6.07, 6.45) is 10.6. The van der Waals surface area contributed by atoms with Crippen molar-refractivity contribution in [3.63, 3.8) is 0 Å². The summed E-state index contributed by atoms with van der Waals surface area (Å²) in [5, 5.41) is 9.32. The Morgan fingerprint density at radius 2 is 1.56 bits per heavy atom. The van der Waals surface area contributed by atoms with Crippen LogP contribution in [0.15, 0.2) is 0 Å². The van der Waals surface area contributed by atoms with Crippen molar-refractivity contribution >= 4 is 5.97 Å². The first-order valence-electron chi connectivity index (χ1n) is 6.77. The highest BCUT2D eigenvalue weighted by Crippen LogP contribution is 2.28. The summed E-state index contributed by atoms with van der Waals surface area (Å²) in [5.41, 5.74) is 0. The molecular weight excluding hydrogens is 202 g/mol. The summed E-state index contributed by atoms with van der Waals surface area (Å²) in [7, 11) is 0. The SMILES string of the molecule is O=C(O)C1CCCCCN1C1CCCCC1. The fraction of sp³-hybridized carbons (Fsp3) is 0.923. The Kier molecular flexibility index (Phi) is 4.22. The lowest BCUT2D eigenvalue weighted by Gasteiger charge is -2.37. The maximum absolute atomic E-state index is 11.3. The van der Waals surface area contributed by atoms with Gasteiger partial charge in [-0.2, -0.15) is 0 Å². The highest BCUT2D eigenvalue weighted by molar-refractivity contribution is 5.73. The number of carboxylic acids is 1. The molecule has 16 heavy (non-hydrogen) atoms. The van der Waals surface area contributed by atoms with E-state index in [1.807, 2.05) is 0 Å². The molecule has 0 aromatic rings. The molecule has 3 nitrogen and oxygen atoms in total. The molecule has 1 aliphatic heterocycles. The van der Waals surface area contributed by atoms with Crippen LogP contribution in [0, 0.1) is 0 Å². The Hall–Kier alpha value is -0.570. The second kappa shape index (κ2) is 5.67. The summed E-state index contributed by atoms with van der Waals surface area (Å²) in [6, 6.07) is 0.346. The summed E-state index contributed by atoms with van der Waals surface area (Å²) < 4.78 is 0. The molecule has 1 heterocycles. The molecule has 1 N–H and O–H groups in total. The first-order chi connectivity index (χ1) is 7.79. The summed E-state index contributed by atoms with van der Waals surface area (Å²) >= 11 is 0. The number of hydrogen-bond donors (Lipinski definition) is 1. The fourth-order valence-electron chi connectivity index (χ4n) is 3.25. The zero-order valence-corrected chi connectivity index (χ0v) is 10.0. The van der Waals surface area contributed by atoms with Crippen molar-refractivity contribution in [3.05, 3.63) is 0 Å². The number of carbonyl (C=O) groups is 1. The topological polar surface area (TPSA) is 40.5 Å². The number of likely N-dealkylation sites (tertiary alicyclic amines) is 1. The van der Waals surface area contributed by atoms with E-state index in [0.717, 1.165) is 19.4 Å². The van der Waals surface area contributed by atoms with Crippen molar-refractivity contribution in [1.29, 1.82) is 0 Å². The van der Waals surface area contributed by atoms with Gasteiger partial charge in [-0.3, -0.25) is 9.69 Å². The average molecular weight is 225 g/mol. The van der Waals surface area contributed by atoms with Gasteiger partial charge >= 0.3 is 5.97 Å². The average Bonchev–Trinajstić information content (AvgIpc) is 2.55. The molecule has 3 heteroatoms. The molecule has 92 valence electrons. The van der Waals surface area contributed by atoms with E-state index < -0.39 is 5.97 Å². The number of hydrogen-bond acceptors (Lipinski definition) is 2. The van der Waals surface area contributed by atoms with E-state index in [0.29, 0.717) is 6.04 Å². The van der Waals surface area contributed by atoms with Gasteiger partial charge in [-0.15, -0.1) is 0 Å². The minimum atomic E-state index is -0.604. The van der Waals surface area contributed by atoms with Gasteiger partial charge in [0.05, 0.1) is 0 Å². The van der Waals surface area contributed by atoms with E-state index in [1.165, 1.54) is 44.9 Å². The van der Waals surface area contributed by atoms with Crippen LogP contribution in [0.2, 0.25) is 0 Å². The van der Waals surface area contributed by atoms with Crippen molar-refractivity contribution in [3.8, 4) is 0 Å². The molecule has 2 rings (SSSR count). The van der Waals surface area contributed by atoms with Gasteiger partial charge in [-0.05, 0) is 32.2 Å². The molecule has 2 fully saturated rings. The summed E-state index contributed by atoms with van der Waals surface area (Å²) in [6.45, 7) is 1.00. The van der Waals surface area contributed by atoms with Gasteiger partial charge in [0.1, 0.15) is 6.04 Å². The number of aliphatic carboxylic acids is 1. The lowest BCUT2D eigenvalue weighted by Crippen LogP contribution is -2.47. The third kappa shape index (κ3) is 2.76. The summed E-state index contributed by atoms with van der Waals surface area (Å²) in [4.78, 5) is 13.6. The minimum Gasteiger partial charge on any atom is -0.480 e. The van der Waals surface area contributed by atoms with Crippen LogP contribution in [0.3, 0.4) is 0 Å². The van der Waals surface area contributed by atoms with Crippen LogP contribution < -0.4 is 0 Å². The molecular formula is C13H23NO2. The van der Waals surface area contributed by atoms with Crippen LogP contribution in [-0.4, -0.2) is 34.6 Å². The van der Waals surface area contributed by atoms with Gasteiger partial charge in [0, 0.05) is 6.04 Å². The van der Waals surface area contributed by atoms with Gasteiger partial charge in [-0.1, -0.05) is 32.1 Å². The Morgan fingerprint density at radius 3 is 2.25 bits per heavy atom. The van der Waals surface area contributed by atoms with Crippen LogP contribution in [0.4, 0.5) is 0 Å². The normalized spacial score (nSPS) is 29.9. The van der Waals surface area contributed by atoms with Crippen molar-refractivity contribution in [1.82, 2.24) is 4.90 Å². The Bertz CT molecular complexity index is 236. The second-order valence-electron chi connectivity index (χ2n) is 5.23. The molecule has 0 spiro atoms. The van der Waals surface area contributed by atoms with E-state index in [1.54, 1.807) is 0 Å². The van der Waals surface area contributed by atoms with Crippen LogP contribution in [0.25, 0.3) is 0 Å². The molecule has 1 saturated carbocycles. The van der Waals surface area contributed by atoms with E-state index in [2.05, 4.69) is 4.90 Å². The predicted octanol–water partition coefficient (Wildman–Crippen LogP) is 2.65. The lowest BCUT2D eigenvalue weighted by molar-refractivity contribution is -0.144. The van der Waals surface area contributed by atoms with E-state index in [9.17, 15) is 9.90 Å². The quantitative estimate of drug-likeness (QED) is 0.785. The molecule has 2 aliphatic rings. The van der Waals surface area contributed by atoms with Gasteiger partial charge in [-0.25, -0.2) is 0 Å². The van der Waals surface area contributed by atoms with E-state index in [-0.39, 0.29) is 6.04 Å². The maximum Gasteiger partial charge on any atom is 0.320 e. The zero-order valence-electron chi connectivity index (χ0n) is 10.0. The van der Waals surface area contributed by atoms with Crippen LogP contribution in [0.5, 0.6) is 0 Å². The molecule has 1 aliphatic carbocycles. The molecule has 0 bridgehead atoms. The molecule has 0 amide bonds. The Labute approximate surface area is 97.8 Å². The molecule has 1 atom stereocenters. The molecule has 1 unspecified atom stereocenters. The highest BCUT2D eigenvalue weighted by atomic mass is 16.4. The molecule has 0 aromatic carbocycles. The zero-order chi connectivity index (χ0) is 11.4. The van der Waals surface area contributed by atoms with Gasteiger partial charge in [0.25, 0.3) is 0 Å².